The van der Waals surface area contributed by atoms with E-state index in [1.165, 1.54) is 7.11 Å². The van der Waals surface area contributed by atoms with Gasteiger partial charge in [0.25, 0.3) is 5.91 Å². The van der Waals surface area contributed by atoms with Crippen molar-refractivity contribution in [2.24, 2.45) is 0 Å². The highest BCUT2D eigenvalue weighted by molar-refractivity contribution is 6.35. The molecular formula is C17H13ClN2O3. The maximum atomic E-state index is 12.3. The van der Waals surface area contributed by atoms with Crippen LogP contribution in [-0.2, 0) is 4.74 Å². The van der Waals surface area contributed by atoms with Crippen molar-refractivity contribution in [3.8, 4) is 0 Å². The molecule has 0 atom stereocenters. The van der Waals surface area contributed by atoms with E-state index in [-0.39, 0.29) is 5.91 Å². The highest BCUT2D eigenvalue weighted by Crippen LogP contribution is 2.23. The van der Waals surface area contributed by atoms with E-state index >= 15 is 0 Å². The molecule has 1 amide bonds. The molecule has 0 spiro atoms. The molecule has 0 saturated heterocycles. The summed E-state index contributed by atoms with van der Waals surface area (Å²) in [6.07, 6.45) is 0. The van der Waals surface area contributed by atoms with E-state index in [9.17, 15) is 9.59 Å². The van der Waals surface area contributed by atoms with Crippen LogP contribution in [0.15, 0.2) is 48.5 Å². The minimum absolute atomic E-state index is 0.289. The lowest BCUT2D eigenvalue weighted by Gasteiger charge is -2.04. The van der Waals surface area contributed by atoms with Gasteiger partial charge < -0.3 is 15.0 Å². The molecule has 0 unspecified atom stereocenters. The average Bonchev–Trinajstić information content (AvgIpc) is 3.00. The van der Waals surface area contributed by atoms with Crippen LogP contribution in [0.5, 0.6) is 0 Å². The molecule has 116 valence electrons. The number of carbonyl (C=O) groups is 2. The molecule has 2 aromatic carbocycles. The predicted molar refractivity (Wildman–Crippen MR) is 89.0 cm³/mol. The van der Waals surface area contributed by atoms with Gasteiger partial charge in [-0.2, -0.15) is 0 Å². The zero-order valence-electron chi connectivity index (χ0n) is 12.2. The number of rotatable bonds is 3. The minimum atomic E-state index is -0.423. The van der Waals surface area contributed by atoms with Crippen molar-refractivity contribution in [2.75, 3.05) is 12.4 Å². The fourth-order valence-electron chi connectivity index (χ4n) is 2.25. The first-order chi connectivity index (χ1) is 11.1. The number of para-hydroxylation sites is 1. The maximum Gasteiger partial charge on any atom is 0.337 e. The number of ether oxygens (including phenoxy) is 1. The largest absolute Gasteiger partial charge is 0.465 e. The first kappa shape index (κ1) is 15.1. The van der Waals surface area contributed by atoms with E-state index in [0.717, 1.165) is 10.9 Å². The normalized spacial score (nSPS) is 10.5. The Balaban J connectivity index is 1.80. The second kappa shape index (κ2) is 6.14. The lowest BCUT2D eigenvalue weighted by molar-refractivity contribution is 0.0600. The molecule has 0 saturated carbocycles. The first-order valence-electron chi connectivity index (χ1n) is 6.85. The predicted octanol–water partition coefficient (Wildman–Crippen LogP) is 3.86. The minimum Gasteiger partial charge on any atom is -0.465 e. The summed E-state index contributed by atoms with van der Waals surface area (Å²) in [6, 6.07) is 13.6. The van der Waals surface area contributed by atoms with Crippen molar-refractivity contribution in [1.82, 2.24) is 4.98 Å². The summed E-state index contributed by atoms with van der Waals surface area (Å²) in [5.74, 6) is -0.712. The summed E-state index contributed by atoms with van der Waals surface area (Å²) in [5, 5.41) is 4.18. The molecule has 1 aromatic heterocycles. The van der Waals surface area contributed by atoms with Crippen LogP contribution in [-0.4, -0.2) is 24.0 Å². The molecule has 2 N–H and O–H groups in total. The van der Waals surface area contributed by atoms with Crippen LogP contribution in [0.1, 0.15) is 20.8 Å². The summed E-state index contributed by atoms with van der Waals surface area (Å²) in [5.41, 5.74) is 2.13. The third-order valence-electron chi connectivity index (χ3n) is 3.41. The number of aromatic amines is 1. The van der Waals surface area contributed by atoms with E-state index < -0.39 is 5.97 Å². The fraction of sp³-hybridized carbons (Fsp3) is 0.0588. The molecule has 0 aliphatic heterocycles. The number of fused-ring (bicyclic) bond motifs is 1. The smallest absolute Gasteiger partial charge is 0.337 e. The van der Waals surface area contributed by atoms with Gasteiger partial charge in [0.1, 0.15) is 5.69 Å². The molecule has 3 aromatic rings. The number of aromatic nitrogens is 1. The lowest BCUT2D eigenvalue weighted by atomic mass is 10.2. The zero-order valence-corrected chi connectivity index (χ0v) is 13.0. The van der Waals surface area contributed by atoms with Crippen LogP contribution in [0, 0.1) is 0 Å². The SMILES string of the molecule is COC(=O)c1ccc(NC(=O)c2cc3cccc(Cl)c3[nH]2)cc1. The Kier molecular flexibility index (Phi) is 4.04. The van der Waals surface area contributed by atoms with Gasteiger partial charge in [0.05, 0.1) is 23.2 Å². The van der Waals surface area contributed by atoms with Gasteiger partial charge >= 0.3 is 5.97 Å². The maximum absolute atomic E-state index is 12.3. The number of nitrogens with one attached hydrogen (secondary N) is 2. The molecule has 0 aliphatic carbocycles. The van der Waals surface area contributed by atoms with Gasteiger partial charge in [-0.25, -0.2) is 4.79 Å². The van der Waals surface area contributed by atoms with E-state index in [1.54, 1.807) is 36.4 Å². The molecule has 0 aliphatic rings. The van der Waals surface area contributed by atoms with Crippen molar-refractivity contribution >= 4 is 40.1 Å². The summed E-state index contributed by atoms with van der Waals surface area (Å²) < 4.78 is 4.63. The Labute approximate surface area is 137 Å². The van der Waals surface area contributed by atoms with Crippen molar-refractivity contribution in [3.05, 3.63) is 64.8 Å². The number of anilines is 1. The number of hydrogen-bond donors (Lipinski definition) is 2. The van der Waals surface area contributed by atoms with E-state index in [2.05, 4.69) is 15.0 Å². The van der Waals surface area contributed by atoms with Gasteiger partial charge in [-0.15, -0.1) is 0 Å². The van der Waals surface area contributed by atoms with Gasteiger partial charge in [-0.3, -0.25) is 4.79 Å². The Hall–Kier alpha value is -2.79. The number of methoxy groups -OCH3 is 1. The Morgan fingerprint density at radius 2 is 1.87 bits per heavy atom. The van der Waals surface area contributed by atoms with Crippen LogP contribution < -0.4 is 5.32 Å². The molecule has 1 heterocycles. The van der Waals surface area contributed by atoms with Gasteiger partial charge in [-0.05, 0) is 36.4 Å². The molecule has 0 fully saturated rings. The molecule has 0 bridgehead atoms. The van der Waals surface area contributed by atoms with Crippen LogP contribution in [0.4, 0.5) is 5.69 Å². The van der Waals surface area contributed by atoms with Crippen LogP contribution >= 0.6 is 11.6 Å². The van der Waals surface area contributed by atoms with Crippen LogP contribution in [0.3, 0.4) is 0 Å². The van der Waals surface area contributed by atoms with Crippen LogP contribution in [0.25, 0.3) is 10.9 Å². The highest BCUT2D eigenvalue weighted by Gasteiger charge is 2.12. The van der Waals surface area contributed by atoms with E-state index in [4.69, 9.17) is 11.6 Å². The van der Waals surface area contributed by atoms with Gasteiger partial charge in [0, 0.05) is 11.1 Å². The standard InChI is InChI=1S/C17H13ClN2O3/c1-23-17(22)10-5-7-12(8-6-10)19-16(21)14-9-11-3-2-4-13(18)15(11)20-14/h2-9,20H,1H3,(H,19,21). The first-order valence-corrected chi connectivity index (χ1v) is 7.23. The van der Waals surface area contributed by atoms with Crippen molar-refractivity contribution in [1.29, 1.82) is 0 Å². The van der Waals surface area contributed by atoms with Crippen molar-refractivity contribution in [3.63, 3.8) is 0 Å². The second-order valence-corrected chi connectivity index (χ2v) is 5.32. The third-order valence-corrected chi connectivity index (χ3v) is 3.73. The monoisotopic (exact) mass is 328 g/mol. The van der Waals surface area contributed by atoms with Gasteiger partial charge in [0.2, 0.25) is 0 Å². The van der Waals surface area contributed by atoms with E-state index in [1.807, 2.05) is 12.1 Å². The second-order valence-electron chi connectivity index (χ2n) is 4.91. The fourth-order valence-corrected chi connectivity index (χ4v) is 2.48. The molecule has 0 radical (unpaired) electrons. The highest BCUT2D eigenvalue weighted by atomic mass is 35.5. The lowest BCUT2D eigenvalue weighted by Crippen LogP contribution is -2.12. The number of H-pyrrole nitrogens is 1. The van der Waals surface area contributed by atoms with Crippen molar-refractivity contribution < 1.29 is 14.3 Å². The Morgan fingerprint density at radius 3 is 2.52 bits per heavy atom. The number of hydrogen-bond acceptors (Lipinski definition) is 3. The Morgan fingerprint density at radius 1 is 1.13 bits per heavy atom. The molecule has 5 nitrogen and oxygen atoms in total. The zero-order chi connectivity index (χ0) is 16.4. The Bertz CT molecular complexity index is 884. The molecule has 3 rings (SSSR count). The van der Waals surface area contributed by atoms with Gasteiger partial charge in [0.15, 0.2) is 0 Å². The van der Waals surface area contributed by atoms with Crippen LogP contribution in [0.2, 0.25) is 5.02 Å². The number of halogens is 1. The van der Waals surface area contributed by atoms with Gasteiger partial charge in [-0.1, -0.05) is 23.7 Å². The third kappa shape index (κ3) is 3.05. The number of carbonyl (C=O) groups excluding carboxylic acids is 2. The summed E-state index contributed by atoms with van der Waals surface area (Å²) in [7, 11) is 1.32. The average molecular weight is 329 g/mol. The summed E-state index contributed by atoms with van der Waals surface area (Å²) in [4.78, 5) is 26.7. The quantitative estimate of drug-likeness (QED) is 0.717. The van der Waals surface area contributed by atoms with E-state index in [0.29, 0.717) is 22.0 Å². The number of amides is 1. The molecular weight excluding hydrogens is 316 g/mol. The molecule has 6 heteroatoms. The number of benzene rings is 2. The summed E-state index contributed by atoms with van der Waals surface area (Å²) >= 11 is 6.09. The molecule has 23 heavy (non-hydrogen) atoms. The topological polar surface area (TPSA) is 71.2 Å². The van der Waals surface area contributed by atoms with Crippen molar-refractivity contribution in [2.45, 2.75) is 0 Å². The number of esters is 1. The summed E-state index contributed by atoms with van der Waals surface area (Å²) in [6.45, 7) is 0.